The standard InChI is InChI=1S/C27H19N3O5S/c31-24(29-26-28-9-10-36-26)17-7-5-16(6-8-17)13-30-20-4-2-1-3-18(20)27(25(30)32)14-33-21-12-23-22(11-19(21)27)34-15-35-23/h1-12H,13-15H2,(H,28,29,31). The van der Waals surface area contributed by atoms with Crippen molar-refractivity contribution in [1.29, 1.82) is 0 Å². The Labute approximate surface area is 210 Å². The molecule has 1 atom stereocenters. The molecule has 9 heteroatoms. The molecule has 8 nitrogen and oxygen atoms in total. The van der Waals surface area contributed by atoms with Crippen molar-refractivity contribution in [2.75, 3.05) is 23.6 Å². The quantitative estimate of drug-likeness (QED) is 0.451. The van der Waals surface area contributed by atoms with Crippen LogP contribution in [0.25, 0.3) is 0 Å². The largest absolute Gasteiger partial charge is 0.491 e. The minimum absolute atomic E-state index is 0.0492. The van der Waals surface area contributed by atoms with Gasteiger partial charge in [0.25, 0.3) is 5.91 Å². The van der Waals surface area contributed by atoms with E-state index in [-0.39, 0.29) is 25.2 Å². The van der Waals surface area contributed by atoms with E-state index in [9.17, 15) is 9.59 Å². The van der Waals surface area contributed by atoms with Gasteiger partial charge in [0.2, 0.25) is 12.7 Å². The molecule has 3 aromatic carbocycles. The molecule has 7 rings (SSSR count). The number of rotatable bonds is 4. The first-order chi connectivity index (χ1) is 17.6. The van der Waals surface area contributed by atoms with Gasteiger partial charge in [-0.15, -0.1) is 11.3 Å². The fourth-order valence-corrected chi connectivity index (χ4v) is 5.64. The molecule has 1 spiro atoms. The molecule has 0 bridgehead atoms. The zero-order valence-corrected chi connectivity index (χ0v) is 19.7. The summed E-state index contributed by atoms with van der Waals surface area (Å²) in [7, 11) is 0. The number of fused-ring (bicyclic) bond motifs is 5. The molecular weight excluding hydrogens is 478 g/mol. The summed E-state index contributed by atoms with van der Waals surface area (Å²) in [4.78, 5) is 32.5. The maximum Gasteiger partial charge on any atom is 0.257 e. The van der Waals surface area contributed by atoms with Crippen molar-refractivity contribution >= 4 is 34.0 Å². The molecule has 36 heavy (non-hydrogen) atoms. The summed E-state index contributed by atoms with van der Waals surface area (Å²) in [5.41, 5.74) is 3.04. The summed E-state index contributed by atoms with van der Waals surface area (Å²) < 4.78 is 17.1. The van der Waals surface area contributed by atoms with E-state index in [0.29, 0.717) is 34.5 Å². The first-order valence-electron chi connectivity index (χ1n) is 11.4. The van der Waals surface area contributed by atoms with Gasteiger partial charge in [-0.3, -0.25) is 14.9 Å². The lowest BCUT2D eigenvalue weighted by atomic mass is 9.77. The minimum Gasteiger partial charge on any atom is -0.491 e. The molecule has 3 aliphatic heterocycles. The zero-order valence-electron chi connectivity index (χ0n) is 18.9. The van der Waals surface area contributed by atoms with Crippen LogP contribution in [-0.4, -0.2) is 30.2 Å². The van der Waals surface area contributed by atoms with Gasteiger partial charge in [0, 0.05) is 34.5 Å². The number of para-hydroxylation sites is 1. The normalized spacial score (nSPS) is 18.8. The number of hydrogen-bond acceptors (Lipinski definition) is 7. The van der Waals surface area contributed by atoms with E-state index in [1.807, 2.05) is 42.5 Å². The Bertz CT molecular complexity index is 1520. The molecule has 4 heterocycles. The zero-order chi connectivity index (χ0) is 24.3. The van der Waals surface area contributed by atoms with Gasteiger partial charge in [0.15, 0.2) is 16.6 Å². The van der Waals surface area contributed by atoms with E-state index in [0.717, 1.165) is 22.4 Å². The average Bonchev–Trinajstić information content (AvgIpc) is 3.69. The van der Waals surface area contributed by atoms with Crippen LogP contribution in [0, 0.1) is 0 Å². The number of benzene rings is 3. The second-order valence-corrected chi connectivity index (χ2v) is 9.69. The number of hydrogen-bond donors (Lipinski definition) is 1. The predicted octanol–water partition coefficient (Wildman–Crippen LogP) is 4.35. The van der Waals surface area contributed by atoms with E-state index in [2.05, 4.69) is 10.3 Å². The average molecular weight is 498 g/mol. The smallest absolute Gasteiger partial charge is 0.257 e. The summed E-state index contributed by atoms with van der Waals surface area (Å²) in [6.07, 6.45) is 1.64. The molecule has 4 aromatic rings. The fraction of sp³-hybridized carbons (Fsp3) is 0.148. The van der Waals surface area contributed by atoms with Gasteiger partial charge in [-0.05, 0) is 35.4 Å². The van der Waals surface area contributed by atoms with Crippen molar-refractivity contribution < 1.29 is 23.8 Å². The topological polar surface area (TPSA) is 90.0 Å². The van der Waals surface area contributed by atoms with E-state index in [4.69, 9.17) is 14.2 Å². The van der Waals surface area contributed by atoms with E-state index >= 15 is 0 Å². The van der Waals surface area contributed by atoms with Crippen molar-refractivity contribution in [3.8, 4) is 17.2 Å². The van der Waals surface area contributed by atoms with E-state index in [1.54, 1.807) is 34.7 Å². The van der Waals surface area contributed by atoms with Crippen LogP contribution < -0.4 is 24.4 Å². The Morgan fingerprint density at radius 3 is 2.61 bits per heavy atom. The van der Waals surface area contributed by atoms with Crippen LogP contribution in [0.15, 0.2) is 72.2 Å². The number of aromatic nitrogens is 1. The molecule has 0 saturated heterocycles. The summed E-state index contributed by atoms with van der Waals surface area (Å²) in [5, 5.41) is 5.14. The number of carbonyl (C=O) groups is 2. The molecular formula is C27H19N3O5S. The molecule has 2 amide bonds. The van der Waals surface area contributed by atoms with Crippen molar-refractivity contribution in [3.05, 3.63) is 94.5 Å². The number of ether oxygens (including phenoxy) is 3. The Morgan fingerprint density at radius 2 is 1.81 bits per heavy atom. The molecule has 1 unspecified atom stereocenters. The van der Waals surface area contributed by atoms with Gasteiger partial charge < -0.3 is 19.1 Å². The van der Waals surface area contributed by atoms with Gasteiger partial charge in [-0.2, -0.15) is 0 Å². The Morgan fingerprint density at radius 1 is 1.00 bits per heavy atom. The summed E-state index contributed by atoms with van der Waals surface area (Å²) in [5.74, 6) is 1.61. The number of amides is 2. The highest BCUT2D eigenvalue weighted by molar-refractivity contribution is 7.13. The number of nitrogens with zero attached hydrogens (tertiary/aromatic N) is 2. The van der Waals surface area contributed by atoms with Crippen molar-refractivity contribution in [1.82, 2.24) is 4.98 Å². The molecule has 1 N–H and O–H groups in total. The van der Waals surface area contributed by atoms with Crippen molar-refractivity contribution in [2.24, 2.45) is 0 Å². The third kappa shape index (κ3) is 3.02. The highest BCUT2D eigenvalue weighted by Crippen LogP contribution is 2.55. The highest BCUT2D eigenvalue weighted by atomic mass is 32.1. The van der Waals surface area contributed by atoms with Crippen LogP contribution in [0.1, 0.15) is 27.0 Å². The molecule has 178 valence electrons. The number of anilines is 2. The van der Waals surface area contributed by atoms with E-state index in [1.165, 1.54) is 11.3 Å². The first-order valence-corrected chi connectivity index (χ1v) is 12.3. The monoisotopic (exact) mass is 497 g/mol. The van der Waals surface area contributed by atoms with Crippen LogP contribution in [0.3, 0.4) is 0 Å². The summed E-state index contributed by atoms with van der Waals surface area (Å²) in [6, 6.07) is 18.8. The minimum atomic E-state index is -0.944. The van der Waals surface area contributed by atoms with Gasteiger partial charge >= 0.3 is 0 Å². The summed E-state index contributed by atoms with van der Waals surface area (Å²) >= 11 is 1.36. The molecule has 0 saturated carbocycles. The van der Waals surface area contributed by atoms with Crippen LogP contribution in [0.5, 0.6) is 17.2 Å². The molecule has 1 aromatic heterocycles. The van der Waals surface area contributed by atoms with Crippen LogP contribution in [0.4, 0.5) is 10.8 Å². The predicted molar refractivity (Wildman–Crippen MR) is 133 cm³/mol. The molecule has 0 radical (unpaired) electrons. The van der Waals surface area contributed by atoms with Crippen LogP contribution in [0.2, 0.25) is 0 Å². The maximum absolute atomic E-state index is 14.1. The van der Waals surface area contributed by atoms with Crippen molar-refractivity contribution in [2.45, 2.75) is 12.0 Å². The lowest BCUT2D eigenvalue weighted by Gasteiger charge is -2.23. The van der Waals surface area contributed by atoms with Gasteiger partial charge in [0.05, 0.1) is 6.54 Å². The summed E-state index contributed by atoms with van der Waals surface area (Å²) in [6.45, 7) is 0.735. The first kappa shape index (κ1) is 21.0. The third-order valence-corrected chi connectivity index (χ3v) is 7.54. The Hall–Kier alpha value is -4.37. The molecule has 3 aliphatic rings. The second kappa shape index (κ2) is 7.82. The van der Waals surface area contributed by atoms with Crippen LogP contribution in [-0.2, 0) is 16.8 Å². The highest BCUT2D eigenvalue weighted by Gasteiger charge is 2.57. The van der Waals surface area contributed by atoms with Gasteiger partial charge in [-0.1, -0.05) is 30.3 Å². The van der Waals surface area contributed by atoms with Gasteiger partial charge in [0.1, 0.15) is 17.8 Å². The Balaban J connectivity index is 1.20. The fourth-order valence-electron chi connectivity index (χ4n) is 5.12. The van der Waals surface area contributed by atoms with Crippen molar-refractivity contribution in [3.63, 3.8) is 0 Å². The van der Waals surface area contributed by atoms with Crippen LogP contribution >= 0.6 is 11.3 Å². The lowest BCUT2D eigenvalue weighted by molar-refractivity contribution is -0.122. The SMILES string of the molecule is O=C(Nc1nccs1)c1ccc(CN2C(=O)C3(COc4cc5c(cc43)OCO5)c3ccccc32)cc1. The number of thiazole rings is 1. The molecule has 0 aliphatic carbocycles. The van der Waals surface area contributed by atoms with Gasteiger partial charge in [-0.25, -0.2) is 4.98 Å². The van der Waals surface area contributed by atoms with E-state index < -0.39 is 5.41 Å². The molecule has 0 fully saturated rings. The third-order valence-electron chi connectivity index (χ3n) is 6.85. The number of carbonyl (C=O) groups excluding carboxylic acids is 2. The number of nitrogens with one attached hydrogen (secondary N) is 1. The second-order valence-electron chi connectivity index (χ2n) is 8.79. The Kier molecular flexibility index (Phi) is 4.55. The maximum atomic E-state index is 14.1. The lowest BCUT2D eigenvalue weighted by Crippen LogP contribution is -2.42.